The van der Waals surface area contributed by atoms with Crippen molar-refractivity contribution < 1.29 is 9.90 Å². The molecular weight excluding hydrogens is 280 g/mol. The van der Waals surface area contributed by atoms with Crippen molar-refractivity contribution in [2.45, 2.75) is 0 Å². The predicted octanol–water partition coefficient (Wildman–Crippen LogP) is 2.82. The third kappa shape index (κ3) is 2.28. The van der Waals surface area contributed by atoms with Crippen LogP contribution < -0.4 is 5.32 Å². The first-order valence-corrected chi connectivity index (χ1v) is 6.11. The second-order valence-corrected chi connectivity index (χ2v) is 4.48. The van der Waals surface area contributed by atoms with Crippen molar-refractivity contribution in [3.63, 3.8) is 0 Å². The fourth-order valence-electron chi connectivity index (χ4n) is 1.77. The molecule has 0 saturated carbocycles. The van der Waals surface area contributed by atoms with Crippen molar-refractivity contribution in [2.75, 3.05) is 5.32 Å². The second-order valence-electron chi connectivity index (χ2n) is 4.07. The first kappa shape index (κ1) is 12.4. The molecule has 2 aromatic heterocycles. The molecule has 20 heavy (non-hydrogen) atoms. The van der Waals surface area contributed by atoms with Gasteiger partial charge in [-0.05, 0) is 24.3 Å². The van der Waals surface area contributed by atoms with Gasteiger partial charge in [0.05, 0.1) is 22.5 Å². The summed E-state index contributed by atoms with van der Waals surface area (Å²) >= 11 is 6.05. The first-order chi connectivity index (χ1) is 9.63. The zero-order chi connectivity index (χ0) is 14.1. The van der Waals surface area contributed by atoms with Gasteiger partial charge in [-0.2, -0.15) is 5.10 Å². The molecule has 0 unspecified atom stereocenters. The number of aromatic carboxylic acids is 1. The Balaban J connectivity index is 1.92. The van der Waals surface area contributed by atoms with Crippen molar-refractivity contribution >= 4 is 34.7 Å². The molecule has 0 radical (unpaired) electrons. The average molecular weight is 289 g/mol. The molecule has 0 saturated heterocycles. The van der Waals surface area contributed by atoms with Crippen LogP contribution in [0.4, 0.5) is 11.5 Å². The van der Waals surface area contributed by atoms with Crippen LogP contribution in [-0.2, 0) is 0 Å². The van der Waals surface area contributed by atoms with Gasteiger partial charge in [0.25, 0.3) is 0 Å². The van der Waals surface area contributed by atoms with Crippen LogP contribution in [0.25, 0.3) is 5.65 Å². The molecule has 0 aliphatic carbocycles. The SMILES string of the molecule is O=C(O)c1ccc(Nc2ccn3nccc3n2)c(Cl)c1. The maximum absolute atomic E-state index is 10.8. The number of carboxylic acids is 1. The smallest absolute Gasteiger partial charge is 0.335 e. The molecule has 3 rings (SSSR count). The van der Waals surface area contributed by atoms with Gasteiger partial charge in [0.2, 0.25) is 0 Å². The summed E-state index contributed by atoms with van der Waals surface area (Å²) < 4.78 is 1.64. The maximum atomic E-state index is 10.8. The zero-order valence-electron chi connectivity index (χ0n) is 10.1. The van der Waals surface area contributed by atoms with Crippen LogP contribution in [0.1, 0.15) is 10.4 Å². The molecule has 2 heterocycles. The van der Waals surface area contributed by atoms with Gasteiger partial charge in [-0.25, -0.2) is 14.3 Å². The number of hydrogen-bond donors (Lipinski definition) is 2. The molecule has 6 nitrogen and oxygen atoms in total. The van der Waals surface area contributed by atoms with E-state index in [4.69, 9.17) is 16.7 Å². The van der Waals surface area contributed by atoms with E-state index in [1.807, 2.05) is 0 Å². The van der Waals surface area contributed by atoms with Gasteiger partial charge >= 0.3 is 5.97 Å². The van der Waals surface area contributed by atoms with Crippen molar-refractivity contribution in [2.24, 2.45) is 0 Å². The number of halogens is 1. The minimum atomic E-state index is -1.02. The highest BCUT2D eigenvalue weighted by Crippen LogP contribution is 2.26. The number of rotatable bonds is 3. The van der Waals surface area contributed by atoms with Crippen molar-refractivity contribution in [3.8, 4) is 0 Å². The fraction of sp³-hybridized carbons (Fsp3) is 0. The Hall–Kier alpha value is -2.60. The quantitative estimate of drug-likeness (QED) is 0.775. The van der Waals surface area contributed by atoms with Crippen LogP contribution in [0.3, 0.4) is 0 Å². The molecule has 7 heteroatoms. The molecule has 1 aromatic carbocycles. The minimum absolute atomic E-state index is 0.139. The summed E-state index contributed by atoms with van der Waals surface area (Å²) in [5.41, 5.74) is 1.43. The van der Waals surface area contributed by atoms with Gasteiger partial charge in [0, 0.05) is 12.3 Å². The van der Waals surface area contributed by atoms with Gasteiger partial charge in [-0.15, -0.1) is 0 Å². The Morgan fingerprint density at radius 3 is 2.90 bits per heavy atom. The minimum Gasteiger partial charge on any atom is -0.478 e. The van der Waals surface area contributed by atoms with Crippen LogP contribution >= 0.6 is 11.6 Å². The van der Waals surface area contributed by atoms with Gasteiger partial charge < -0.3 is 10.4 Å². The lowest BCUT2D eigenvalue weighted by Crippen LogP contribution is -2.00. The standard InChI is InChI=1S/C13H9ClN4O2/c14-9-7-8(13(19)20)1-2-10(9)16-11-4-6-18-12(17-11)3-5-15-18/h1-7H,(H,16,17)(H,19,20). The molecule has 0 fully saturated rings. The molecule has 0 atom stereocenters. The van der Waals surface area contributed by atoms with Crippen LogP contribution in [0.2, 0.25) is 5.02 Å². The normalized spacial score (nSPS) is 10.7. The highest BCUT2D eigenvalue weighted by atomic mass is 35.5. The number of nitrogens with one attached hydrogen (secondary N) is 1. The summed E-state index contributed by atoms with van der Waals surface area (Å²) in [7, 11) is 0. The Morgan fingerprint density at radius 2 is 2.15 bits per heavy atom. The number of carboxylic acid groups (broad SMARTS) is 1. The lowest BCUT2D eigenvalue weighted by molar-refractivity contribution is 0.0697. The molecule has 3 aromatic rings. The number of fused-ring (bicyclic) bond motifs is 1. The fourth-order valence-corrected chi connectivity index (χ4v) is 2.00. The highest BCUT2D eigenvalue weighted by molar-refractivity contribution is 6.33. The van der Waals surface area contributed by atoms with E-state index in [-0.39, 0.29) is 5.56 Å². The average Bonchev–Trinajstić information content (AvgIpc) is 2.88. The molecule has 0 bridgehead atoms. The second kappa shape index (κ2) is 4.82. The predicted molar refractivity (Wildman–Crippen MR) is 74.7 cm³/mol. The van der Waals surface area contributed by atoms with Crippen LogP contribution in [0.5, 0.6) is 0 Å². The van der Waals surface area contributed by atoms with E-state index in [9.17, 15) is 4.79 Å². The first-order valence-electron chi connectivity index (χ1n) is 5.74. The van der Waals surface area contributed by atoms with Crippen molar-refractivity contribution in [3.05, 3.63) is 53.3 Å². The molecule has 0 aliphatic rings. The van der Waals surface area contributed by atoms with Gasteiger partial charge in [0.15, 0.2) is 5.65 Å². The van der Waals surface area contributed by atoms with Crippen LogP contribution in [0.15, 0.2) is 42.7 Å². The lowest BCUT2D eigenvalue weighted by atomic mass is 10.2. The number of carbonyl (C=O) groups is 1. The summed E-state index contributed by atoms with van der Waals surface area (Å²) in [6.07, 6.45) is 3.42. The van der Waals surface area contributed by atoms with Crippen LogP contribution in [-0.4, -0.2) is 25.7 Å². The lowest BCUT2D eigenvalue weighted by Gasteiger charge is -2.08. The summed E-state index contributed by atoms with van der Waals surface area (Å²) in [6, 6.07) is 8.01. The molecule has 0 amide bonds. The largest absolute Gasteiger partial charge is 0.478 e. The number of anilines is 2. The van der Waals surface area contributed by atoms with E-state index in [1.165, 1.54) is 12.1 Å². The van der Waals surface area contributed by atoms with E-state index in [0.29, 0.717) is 22.2 Å². The number of benzene rings is 1. The number of aromatic nitrogens is 3. The Morgan fingerprint density at radius 1 is 1.30 bits per heavy atom. The van der Waals surface area contributed by atoms with Gasteiger partial charge in [0.1, 0.15) is 5.82 Å². The number of hydrogen-bond acceptors (Lipinski definition) is 4. The highest BCUT2D eigenvalue weighted by Gasteiger charge is 2.08. The third-order valence-electron chi connectivity index (χ3n) is 2.74. The topological polar surface area (TPSA) is 79.5 Å². The van der Waals surface area contributed by atoms with Crippen molar-refractivity contribution in [1.29, 1.82) is 0 Å². The van der Waals surface area contributed by atoms with Crippen LogP contribution in [0, 0.1) is 0 Å². The molecule has 2 N–H and O–H groups in total. The molecule has 0 spiro atoms. The summed E-state index contributed by atoms with van der Waals surface area (Å²) in [5.74, 6) is -0.416. The van der Waals surface area contributed by atoms with E-state index in [2.05, 4.69) is 15.4 Å². The third-order valence-corrected chi connectivity index (χ3v) is 3.05. The van der Waals surface area contributed by atoms with E-state index < -0.39 is 5.97 Å². The molecule has 100 valence electrons. The van der Waals surface area contributed by atoms with Crippen molar-refractivity contribution in [1.82, 2.24) is 14.6 Å². The van der Waals surface area contributed by atoms with E-state index in [1.54, 1.807) is 35.1 Å². The Kier molecular flexibility index (Phi) is 3.00. The Labute approximate surface area is 118 Å². The zero-order valence-corrected chi connectivity index (χ0v) is 10.9. The summed E-state index contributed by atoms with van der Waals surface area (Å²) in [6.45, 7) is 0. The summed E-state index contributed by atoms with van der Waals surface area (Å²) in [4.78, 5) is 15.2. The van der Waals surface area contributed by atoms with Gasteiger partial charge in [-0.1, -0.05) is 11.6 Å². The van der Waals surface area contributed by atoms with E-state index in [0.717, 1.165) is 0 Å². The van der Waals surface area contributed by atoms with Gasteiger partial charge in [-0.3, -0.25) is 0 Å². The monoisotopic (exact) mass is 288 g/mol. The molecular formula is C13H9ClN4O2. The molecule has 0 aliphatic heterocycles. The van der Waals surface area contributed by atoms with E-state index >= 15 is 0 Å². The number of nitrogens with zero attached hydrogens (tertiary/aromatic N) is 3. The Bertz CT molecular complexity index is 800. The maximum Gasteiger partial charge on any atom is 0.335 e. The summed E-state index contributed by atoms with van der Waals surface area (Å²) in [5, 5.41) is 16.3.